The second-order valence-electron chi connectivity index (χ2n) is 12.6. The number of amides is 4. The first-order chi connectivity index (χ1) is 22.9. The van der Waals surface area contributed by atoms with Gasteiger partial charge in [-0.2, -0.15) is 0 Å². The molecule has 10 nitrogen and oxygen atoms in total. The molecular formula is C38H45N5O5. The molecule has 0 aliphatic carbocycles. The van der Waals surface area contributed by atoms with Crippen LogP contribution in [0.25, 0.3) is 0 Å². The molecule has 0 aliphatic rings. The SMILES string of the molecule is CN(C)CCCN(Cc1ccc(C(=O)Nc2ccccc2NC(=O)OC(C)(C)C)cc1)C(=O)Nc1ccc(OCc2ccccc2)cc1. The van der Waals surface area contributed by atoms with Crippen molar-refractivity contribution in [3.8, 4) is 5.75 Å². The zero-order chi connectivity index (χ0) is 34.5. The van der Waals surface area contributed by atoms with Crippen molar-refractivity contribution < 1.29 is 23.9 Å². The maximum Gasteiger partial charge on any atom is 0.412 e. The van der Waals surface area contributed by atoms with E-state index in [1.165, 1.54) is 0 Å². The Labute approximate surface area is 283 Å². The third-order valence-corrected chi connectivity index (χ3v) is 7.07. The molecule has 4 aromatic rings. The van der Waals surface area contributed by atoms with E-state index in [1.54, 1.807) is 62.1 Å². The van der Waals surface area contributed by atoms with Gasteiger partial charge in [0, 0.05) is 24.3 Å². The number of nitrogens with zero attached hydrogens (tertiary/aromatic N) is 2. The van der Waals surface area contributed by atoms with Crippen molar-refractivity contribution in [2.24, 2.45) is 0 Å². The summed E-state index contributed by atoms with van der Waals surface area (Å²) in [4.78, 5) is 42.7. The Balaban J connectivity index is 1.37. The van der Waals surface area contributed by atoms with Crippen molar-refractivity contribution in [1.29, 1.82) is 0 Å². The van der Waals surface area contributed by atoms with E-state index in [0.717, 1.165) is 24.1 Å². The van der Waals surface area contributed by atoms with E-state index in [4.69, 9.17) is 9.47 Å². The average Bonchev–Trinajstić information content (AvgIpc) is 3.04. The second kappa shape index (κ2) is 17.0. The van der Waals surface area contributed by atoms with Gasteiger partial charge in [0.1, 0.15) is 18.0 Å². The molecule has 0 aliphatic heterocycles. The van der Waals surface area contributed by atoms with Crippen LogP contribution in [0.15, 0.2) is 103 Å². The van der Waals surface area contributed by atoms with Crippen molar-refractivity contribution in [3.05, 3.63) is 120 Å². The largest absolute Gasteiger partial charge is 0.489 e. The Morgan fingerprint density at radius 1 is 0.688 bits per heavy atom. The van der Waals surface area contributed by atoms with E-state index in [1.807, 2.05) is 80.8 Å². The Morgan fingerprint density at radius 3 is 1.94 bits per heavy atom. The molecule has 0 atom stereocenters. The smallest absolute Gasteiger partial charge is 0.412 e. The van der Waals surface area contributed by atoms with Crippen LogP contribution >= 0.6 is 0 Å². The Morgan fingerprint density at radius 2 is 1.31 bits per heavy atom. The molecule has 10 heteroatoms. The van der Waals surface area contributed by atoms with Gasteiger partial charge in [-0.3, -0.25) is 10.1 Å². The first-order valence-electron chi connectivity index (χ1n) is 15.9. The van der Waals surface area contributed by atoms with Crippen LogP contribution in [0.5, 0.6) is 5.75 Å². The predicted octanol–water partition coefficient (Wildman–Crippen LogP) is 7.85. The summed E-state index contributed by atoms with van der Waals surface area (Å²) in [6.07, 6.45) is 0.182. The number of hydrogen-bond acceptors (Lipinski definition) is 6. The van der Waals surface area contributed by atoms with Gasteiger partial charge in [-0.25, -0.2) is 9.59 Å². The summed E-state index contributed by atoms with van der Waals surface area (Å²) in [6.45, 7) is 7.55. The van der Waals surface area contributed by atoms with E-state index in [-0.39, 0.29) is 11.9 Å². The van der Waals surface area contributed by atoms with Crippen molar-refractivity contribution in [3.63, 3.8) is 0 Å². The van der Waals surface area contributed by atoms with Gasteiger partial charge in [0.2, 0.25) is 0 Å². The molecule has 0 saturated heterocycles. The summed E-state index contributed by atoms with van der Waals surface area (Å²) in [5.41, 5.74) is 3.26. The number of rotatable bonds is 13. The summed E-state index contributed by atoms with van der Waals surface area (Å²) in [5, 5.41) is 8.56. The third kappa shape index (κ3) is 11.8. The third-order valence-electron chi connectivity index (χ3n) is 7.07. The molecule has 0 radical (unpaired) electrons. The normalized spacial score (nSPS) is 11.0. The number of anilines is 3. The highest BCUT2D eigenvalue weighted by Gasteiger charge is 2.19. The van der Waals surface area contributed by atoms with Crippen molar-refractivity contribution >= 4 is 35.1 Å². The predicted molar refractivity (Wildman–Crippen MR) is 191 cm³/mol. The van der Waals surface area contributed by atoms with E-state index in [2.05, 4.69) is 20.9 Å². The van der Waals surface area contributed by atoms with Gasteiger partial charge < -0.3 is 29.9 Å². The number of ether oxygens (including phenoxy) is 2. The average molecular weight is 652 g/mol. The Bertz CT molecular complexity index is 1640. The number of nitrogens with one attached hydrogen (secondary N) is 3. The number of carbonyl (C=O) groups is 3. The van der Waals surface area contributed by atoms with Gasteiger partial charge >= 0.3 is 12.1 Å². The number of urea groups is 1. The fraction of sp³-hybridized carbons (Fsp3) is 0.289. The monoisotopic (exact) mass is 651 g/mol. The van der Waals surface area contributed by atoms with Crippen LogP contribution in [0, 0.1) is 0 Å². The van der Waals surface area contributed by atoms with Gasteiger partial charge in [0.15, 0.2) is 0 Å². The van der Waals surface area contributed by atoms with Crippen molar-refractivity contribution in [2.45, 2.75) is 45.9 Å². The highest BCUT2D eigenvalue weighted by Crippen LogP contribution is 2.23. The first kappa shape index (κ1) is 35.5. The van der Waals surface area contributed by atoms with E-state index < -0.39 is 11.7 Å². The lowest BCUT2D eigenvalue weighted by molar-refractivity contribution is 0.0635. The number of para-hydroxylation sites is 2. The molecule has 0 spiro atoms. The standard InChI is InChI=1S/C38H45N5O5/c1-38(2,3)48-37(46)41-34-15-10-9-14-33(34)40-35(44)30-18-16-28(17-19-30)26-43(25-11-24-42(4)5)36(45)39-31-20-22-32(23-21-31)47-27-29-12-7-6-8-13-29/h6-10,12-23H,11,24-27H2,1-5H3,(H,39,45)(H,40,44)(H,41,46). The molecule has 4 rings (SSSR count). The molecule has 0 bridgehead atoms. The molecule has 48 heavy (non-hydrogen) atoms. The minimum absolute atomic E-state index is 0.220. The summed E-state index contributed by atoms with van der Waals surface area (Å²) in [7, 11) is 4.00. The maximum atomic E-state index is 13.4. The minimum atomic E-state index is -0.656. The lowest BCUT2D eigenvalue weighted by Crippen LogP contribution is -2.36. The van der Waals surface area contributed by atoms with Crippen LogP contribution < -0.4 is 20.7 Å². The molecule has 4 aromatic carbocycles. The summed E-state index contributed by atoms with van der Waals surface area (Å²) < 4.78 is 11.2. The van der Waals surface area contributed by atoms with Crippen LogP contribution in [0.1, 0.15) is 48.7 Å². The lowest BCUT2D eigenvalue weighted by atomic mass is 10.1. The number of hydrogen-bond donors (Lipinski definition) is 3. The first-order valence-corrected chi connectivity index (χ1v) is 15.9. The van der Waals surface area contributed by atoms with E-state index in [9.17, 15) is 14.4 Å². The Kier molecular flexibility index (Phi) is 12.6. The Hall–Kier alpha value is -5.35. The molecular weight excluding hydrogens is 606 g/mol. The van der Waals surface area contributed by atoms with E-state index >= 15 is 0 Å². The van der Waals surface area contributed by atoms with Gasteiger partial charge in [-0.15, -0.1) is 0 Å². The van der Waals surface area contributed by atoms with Crippen molar-refractivity contribution in [2.75, 3.05) is 43.1 Å². The fourth-order valence-corrected chi connectivity index (χ4v) is 4.70. The van der Waals surface area contributed by atoms with Crippen molar-refractivity contribution in [1.82, 2.24) is 9.80 Å². The molecule has 3 N–H and O–H groups in total. The molecule has 0 unspecified atom stereocenters. The van der Waals surface area contributed by atoms with E-state index in [0.29, 0.717) is 48.1 Å². The molecule has 0 saturated carbocycles. The fourth-order valence-electron chi connectivity index (χ4n) is 4.70. The van der Waals surface area contributed by atoms with Crippen LogP contribution in [-0.2, 0) is 17.9 Å². The molecule has 4 amide bonds. The van der Waals surface area contributed by atoms with Crippen LogP contribution in [-0.4, -0.2) is 60.6 Å². The summed E-state index contributed by atoms with van der Waals surface area (Å²) in [6, 6.07) is 31.1. The van der Waals surface area contributed by atoms with Crippen LogP contribution in [0.3, 0.4) is 0 Å². The second-order valence-corrected chi connectivity index (χ2v) is 12.6. The topological polar surface area (TPSA) is 112 Å². The van der Waals surface area contributed by atoms with Gasteiger partial charge in [-0.1, -0.05) is 54.6 Å². The highest BCUT2D eigenvalue weighted by molar-refractivity contribution is 6.06. The quantitative estimate of drug-likeness (QED) is 0.136. The van der Waals surface area contributed by atoms with Gasteiger partial charge in [0.25, 0.3) is 5.91 Å². The lowest BCUT2D eigenvalue weighted by Gasteiger charge is -2.24. The molecule has 0 fully saturated rings. The molecule has 252 valence electrons. The minimum Gasteiger partial charge on any atom is -0.489 e. The van der Waals surface area contributed by atoms with Gasteiger partial charge in [-0.05, 0) is 107 Å². The molecule has 0 aromatic heterocycles. The van der Waals surface area contributed by atoms with Gasteiger partial charge in [0.05, 0.1) is 11.4 Å². The maximum absolute atomic E-state index is 13.4. The van der Waals surface area contributed by atoms with Crippen LogP contribution in [0.4, 0.5) is 26.7 Å². The molecule has 0 heterocycles. The van der Waals surface area contributed by atoms with Crippen LogP contribution in [0.2, 0.25) is 0 Å². The number of carbonyl (C=O) groups excluding carboxylic acids is 3. The summed E-state index contributed by atoms with van der Waals surface area (Å²) >= 11 is 0. The zero-order valence-electron chi connectivity index (χ0n) is 28.3. The summed E-state index contributed by atoms with van der Waals surface area (Å²) in [5.74, 6) is 0.378. The highest BCUT2D eigenvalue weighted by atomic mass is 16.6. The zero-order valence-corrected chi connectivity index (χ0v) is 28.3. The number of benzene rings is 4.